The molecule has 24 heavy (non-hydrogen) atoms. The van der Waals surface area contributed by atoms with Crippen LogP contribution >= 0.6 is 0 Å². The van der Waals surface area contributed by atoms with Crippen LogP contribution in [-0.4, -0.2) is 28.3 Å². The second-order valence-electron chi connectivity index (χ2n) is 5.49. The fourth-order valence-corrected chi connectivity index (χ4v) is 2.62. The van der Waals surface area contributed by atoms with Gasteiger partial charge in [-0.1, -0.05) is 12.0 Å². The Morgan fingerprint density at radius 2 is 2.21 bits per heavy atom. The number of hydrogen-bond donors (Lipinski definition) is 3. The molecule has 0 unspecified atom stereocenters. The highest BCUT2D eigenvalue weighted by Crippen LogP contribution is 2.33. The average Bonchev–Trinajstić information content (AvgIpc) is 3.03. The molecule has 6 heteroatoms. The van der Waals surface area contributed by atoms with Gasteiger partial charge in [-0.15, -0.1) is 6.42 Å². The van der Waals surface area contributed by atoms with Gasteiger partial charge in [0.15, 0.2) is 0 Å². The average molecular weight is 320 g/mol. The van der Waals surface area contributed by atoms with Crippen LogP contribution in [0.5, 0.6) is 0 Å². The summed E-state index contributed by atoms with van der Waals surface area (Å²) < 4.78 is 0. The van der Waals surface area contributed by atoms with E-state index < -0.39 is 0 Å². The third-order valence-electron chi connectivity index (χ3n) is 3.74. The maximum atomic E-state index is 12.3. The number of rotatable bonds is 3. The first kappa shape index (κ1) is 15.6. The molecule has 0 fully saturated rings. The molecule has 0 saturated heterocycles. The van der Waals surface area contributed by atoms with Crippen molar-refractivity contribution in [2.24, 2.45) is 0 Å². The predicted molar refractivity (Wildman–Crippen MR) is 92.2 cm³/mol. The van der Waals surface area contributed by atoms with Crippen molar-refractivity contribution in [3.05, 3.63) is 46.5 Å². The number of aromatic amines is 1. The van der Waals surface area contributed by atoms with Gasteiger partial charge in [-0.25, -0.2) is 4.98 Å². The Balaban J connectivity index is 1.96. The van der Waals surface area contributed by atoms with Crippen LogP contribution in [0.1, 0.15) is 33.1 Å². The van der Waals surface area contributed by atoms with Gasteiger partial charge in [0.05, 0.1) is 17.8 Å². The van der Waals surface area contributed by atoms with E-state index in [1.54, 1.807) is 24.3 Å². The molecule has 0 atom stereocenters. The molecule has 1 aromatic heterocycles. The molecule has 1 aliphatic rings. The van der Waals surface area contributed by atoms with Crippen molar-refractivity contribution in [3.8, 4) is 12.3 Å². The van der Waals surface area contributed by atoms with Gasteiger partial charge in [-0.2, -0.15) is 0 Å². The number of imidazole rings is 1. The number of aryl methyl sites for hydroxylation is 2. The van der Waals surface area contributed by atoms with Gasteiger partial charge in [-0.3, -0.25) is 9.59 Å². The largest absolute Gasteiger partial charge is 0.346 e. The van der Waals surface area contributed by atoms with Crippen molar-refractivity contribution in [2.75, 3.05) is 11.9 Å². The van der Waals surface area contributed by atoms with Gasteiger partial charge < -0.3 is 15.6 Å². The zero-order chi connectivity index (χ0) is 17.3. The molecule has 0 saturated carbocycles. The van der Waals surface area contributed by atoms with Crippen molar-refractivity contribution in [3.63, 3.8) is 0 Å². The van der Waals surface area contributed by atoms with Crippen LogP contribution in [0.25, 0.3) is 11.6 Å². The summed E-state index contributed by atoms with van der Waals surface area (Å²) in [5.41, 5.74) is 3.93. The van der Waals surface area contributed by atoms with Gasteiger partial charge in [0.2, 0.25) is 0 Å². The van der Waals surface area contributed by atoms with Crippen molar-refractivity contribution in [2.45, 2.75) is 13.8 Å². The summed E-state index contributed by atoms with van der Waals surface area (Å²) in [4.78, 5) is 31.7. The van der Waals surface area contributed by atoms with Gasteiger partial charge in [-0.05, 0) is 32.1 Å². The van der Waals surface area contributed by atoms with E-state index in [-0.39, 0.29) is 18.4 Å². The zero-order valence-electron chi connectivity index (χ0n) is 13.4. The Morgan fingerprint density at radius 3 is 2.88 bits per heavy atom. The summed E-state index contributed by atoms with van der Waals surface area (Å²) in [5, 5.41) is 5.38. The number of fused-ring (bicyclic) bond motifs is 1. The number of carbonyl (C=O) groups is 2. The molecule has 3 rings (SSSR count). The third kappa shape index (κ3) is 2.79. The van der Waals surface area contributed by atoms with Gasteiger partial charge in [0, 0.05) is 22.5 Å². The van der Waals surface area contributed by atoms with E-state index in [9.17, 15) is 9.59 Å². The zero-order valence-corrected chi connectivity index (χ0v) is 13.4. The Morgan fingerprint density at radius 1 is 1.42 bits per heavy atom. The lowest BCUT2D eigenvalue weighted by Crippen LogP contribution is -2.23. The number of benzene rings is 1. The molecule has 2 amide bonds. The Labute approximate surface area is 139 Å². The molecule has 1 aromatic carbocycles. The molecule has 120 valence electrons. The molecule has 6 nitrogen and oxygen atoms in total. The number of aromatic nitrogens is 2. The fourth-order valence-electron chi connectivity index (χ4n) is 2.62. The minimum atomic E-state index is -0.277. The second kappa shape index (κ2) is 6.05. The number of nitrogens with one attached hydrogen (secondary N) is 3. The summed E-state index contributed by atoms with van der Waals surface area (Å²) in [6.07, 6.45) is 6.88. The molecule has 0 radical (unpaired) electrons. The van der Waals surface area contributed by atoms with Gasteiger partial charge in [0.25, 0.3) is 11.8 Å². The van der Waals surface area contributed by atoms with Gasteiger partial charge >= 0.3 is 0 Å². The lowest BCUT2D eigenvalue weighted by Gasteiger charge is -2.04. The summed E-state index contributed by atoms with van der Waals surface area (Å²) in [6, 6.07) is 5.06. The van der Waals surface area contributed by atoms with E-state index >= 15 is 0 Å². The molecule has 2 aromatic rings. The Hall–Kier alpha value is -3.33. The second-order valence-corrected chi connectivity index (χ2v) is 5.49. The normalized spacial score (nSPS) is 14.2. The summed E-state index contributed by atoms with van der Waals surface area (Å²) >= 11 is 0. The Kier molecular flexibility index (Phi) is 3.92. The summed E-state index contributed by atoms with van der Waals surface area (Å²) in [7, 11) is 0. The maximum absolute atomic E-state index is 12.3. The minimum Gasteiger partial charge on any atom is -0.346 e. The number of amides is 2. The fraction of sp³-hybridized carbons (Fsp3) is 0.167. The van der Waals surface area contributed by atoms with Crippen LogP contribution in [-0.2, 0) is 4.79 Å². The van der Waals surface area contributed by atoms with E-state index in [1.807, 2.05) is 13.8 Å². The number of terminal acetylenes is 1. The molecular weight excluding hydrogens is 304 g/mol. The third-order valence-corrected chi connectivity index (χ3v) is 3.74. The number of nitrogens with zero attached hydrogens (tertiary/aromatic N) is 1. The monoisotopic (exact) mass is 320 g/mol. The van der Waals surface area contributed by atoms with E-state index in [0.29, 0.717) is 16.8 Å². The van der Waals surface area contributed by atoms with Crippen LogP contribution in [0.4, 0.5) is 5.69 Å². The molecule has 0 bridgehead atoms. The molecule has 0 spiro atoms. The highest BCUT2D eigenvalue weighted by Gasteiger charge is 2.25. The SMILES string of the molecule is C#CCNC(=O)c1ccc2c(c1)NC(=O)/C2=C\c1nc(C)[nH]c1C. The van der Waals surface area contributed by atoms with E-state index in [1.165, 1.54) is 0 Å². The van der Waals surface area contributed by atoms with Gasteiger partial charge in [0.1, 0.15) is 5.82 Å². The minimum absolute atomic E-state index is 0.158. The summed E-state index contributed by atoms with van der Waals surface area (Å²) in [6.45, 7) is 3.92. The molecule has 0 aliphatic carbocycles. The molecule has 3 N–H and O–H groups in total. The Bertz CT molecular complexity index is 916. The highest BCUT2D eigenvalue weighted by atomic mass is 16.2. The molecule has 2 heterocycles. The first-order chi connectivity index (χ1) is 11.5. The highest BCUT2D eigenvalue weighted by molar-refractivity contribution is 6.35. The quantitative estimate of drug-likeness (QED) is 0.596. The van der Waals surface area contributed by atoms with E-state index in [4.69, 9.17) is 6.42 Å². The van der Waals surface area contributed by atoms with Crippen molar-refractivity contribution < 1.29 is 9.59 Å². The van der Waals surface area contributed by atoms with Crippen molar-refractivity contribution in [1.29, 1.82) is 0 Å². The van der Waals surface area contributed by atoms with Crippen LogP contribution in [0.3, 0.4) is 0 Å². The lowest BCUT2D eigenvalue weighted by atomic mass is 10.0. The van der Waals surface area contributed by atoms with Crippen molar-refractivity contribution >= 4 is 29.2 Å². The number of hydrogen-bond acceptors (Lipinski definition) is 3. The van der Waals surface area contributed by atoms with Crippen LogP contribution in [0, 0.1) is 26.2 Å². The standard InChI is InChI=1S/C18H16N4O2/c1-4-7-19-17(23)12-5-6-13-14(18(24)22-16(13)8-12)9-15-10(2)20-11(3)21-15/h1,5-6,8-9H,7H2,2-3H3,(H,19,23)(H,20,21)(H,22,24)/b14-9-. The van der Waals surface area contributed by atoms with E-state index in [0.717, 1.165) is 22.8 Å². The number of carbonyl (C=O) groups excluding carboxylic acids is 2. The van der Waals surface area contributed by atoms with Crippen molar-refractivity contribution in [1.82, 2.24) is 15.3 Å². The lowest BCUT2D eigenvalue weighted by molar-refractivity contribution is -0.110. The number of anilines is 1. The van der Waals surface area contributed by atoms with Crippen LogP contribution in [0.15, 0.2) is 18.2 Å². The van der Waals surface area contributed by atoms with Crippen LogP contribution < -0.4 is 10.6 Å². The molecule has 1 aliphatic heterocycles. The maximum Gasteiger partial charge on any atom is 0.256 e. The summed E-state index contributed by atoms with van der Waals surface area (Å²) in [5.74, 6) is 2.65. The smallest absolute Gasteiger partial charge is 0.256 e. The molecular formula is C18H16N4O2. The predicted octanol–water partition coefficient (Wildman–Crippen LogP) is 1.88. The topological polar surface area (TPSA) is 86.9 Å². The first-order valence-corrected chi connectivity index (χ1v) is 7.42. The van der Waals surface area contributed by atoms with E-state index in [2.05, 4.69) is 26.5 Å². The van der Waals surface area contributed by atoms with Crippen LogP contribution in [0.2, 0.25) is 0 Å². The number of H-pyrrole nitrogens is 1. The first-order valence-electron chi connectivity index (χ1n) is 7.42.